The van der Waals surface area contributed by atoms with Gasteiger partial charge in [-0.15, -0.1) is 0 Å². The van der Waals surface area contributed by atoms with E-state index >= 15 is 18.4 Å². The first kappa shape index (κ1) is 52.1. The van der Waals surface area contributed by atoms with Gasteiger partial charge in [-0.2, -0.15) is 0 Å². The molecule has 6 aliphatic heterocycles. The van der Waals surface area contributed by atoms with Gasteiger partial charge < -0.3 is 29.6 Å². The summed E-state index contributed by atoms with van der Waals surface area (Å²) >= 11 is 0. The van der Waals surface area contributed by atoms with Crippen molar-refractivity contribution in [1.82, 2.24) is 40.4 Å². The number of nitrogens with zero attached hydrogens (tertiary/aromatic N) is 6. The van der Waals surface area contributed by atoms with E-state index in [0.717, 1.165) is 136 Å². The summed E-state index contributed by atoms with van der Waals surface area (Å²) in [6.07, 6.45) is 8.88. The van der Waals surface area contributed by atoms with Gasteiger partial charge in [-0.1, -0.05) is 44.9 Å². The number of hydrogen-bond donors (Lipinski definition) is 3. The SMILES string of the molecule is CCn1c(-c2cc(N3CCN4CCC[C@@H]4C3)cnc2[C@H](C)OC)c2c3cc(ccc31)-c1cc(cc(C(F)F)c1)C[C@H](NC(=O)[C@H](C1CCCC1)N1CC[C@]3(CCNC3)C1)C(=O)N1CCC[C@H](N1)C(=O)OCC(C)(C)C2. The number of aryl methyl sites for hydroxylation is 1. The molecule has 16 heteroatoms. The predicted molar refractivity (Wildman–Crippen MR) is 287 cm³/mol. The van der Waals surface area contributed by atoms with Crippen molar-refractivity contribution < 1.29 is 32.6 Å². The van der Waals surface area contributed by atoms with E-state index in [1.165, 1.54) is 23.9 Å². The molecule has 0 radical (unpaired) electrons. The van der Waals surface area contributed by atoms with E-state index in [1.54, 1.807) is 13.2 Å². The molecule has 14 nitrogen and oxygen atoms in total. The minimum absolute atomic E-state index is 0.0195. The Kier molecular flexibility index (Phi) is 14.9. The van der Waals surface area contributed by atoms with Crippen molar-refractivity contribution in [2.45, 2.75) is 148 Å². The minimum Gasteiger partial charge on any atom is -0.464 e. The summed E-state index contributed by atoms with van der Waals surface area (Å²) in [4.78, 5) is 57.0. The molecule has 2 aromatic heterocycles. The van der Waals surface area contributed by atoms with Gasteiger partial charge in [0, 0.05) is 92.8 Å². The van der Waals surface area contributed by atoms with Crippen LogP contribution in [0.4, 0.5) is 14.5 Å². The second kappa shape index (κ2) is 21.4. The first-order valence-corrected chi connectivity index (χ1v) is 28.3. The fourth-order valence-electron chi connectivity index (χ4n) is 14.2. The molecular formula is C59H79F2N9O5. The zero-order valence-corrected chi connectivity index (χ0v) is 44.9. The fraction of sp³-hybridized carbons (Fsp3) is 0.627. The first-order valence-electron chi connectivity index (χ1n) is 28.3. The second-order valence-corrected chi connectivity index (χ2v) is 24.0. The lowest BCUT2D eigenvalue weighted by atomic mass is 9.84. The van der Waals surface area contributed by atoms with Gasteiger partial charge in [0.15, 0.2) is 0 Å². The van der Waals surface area contributed by atoms with Crippen molar-refractivity contribution in [3.8, 4) is 22.4 Å². The van der Waals surface area contributed by atoms with E-state index < -0.39 is 41.8 Å². The number of likely N-dealkylation sites (tertiary alicyclic amines) is 1. The Morgan fingerprint density at radius 3 is 2.56 bits per heavy atom. The van der Waals surface area contributed by atoms with Crippen LogP contribution in [-0.4, -0.2) is 139 Å². The van der Waals surface area contributed by atoms with Gasteiger partial charge in [-0.3, -0.25) is 34.2 Å². The smallest absolute Gasteiger partial charge is 0.324 e. The number of hydrazine groups is 1. The van der Waals surface area contributed by atoms with Crippen LogP contribution in [-0.2, 0) is 43.2 Å². The van der Waals surface area contributed by atoms with Crippen molar-refractivity contribution in [2.75, 3.05) is 77.5 Å². The molecular weight excluding hydrogens is 953 g/mol. The molecule has 6 bridgehead atoms. The van der Waals surface area contributed by atoms with Gasteiger partial charge in [0.05, 0.1) is 42.0 Å². The van der Waals surface area contributed by atoms with Crippen LogP contribution in [0.1, 0.15) is 127 Å². The third-order valence-corrected chi connectivity index (χ3v) is 18.3. The van der Waals surface area contributed by atoms with E-state index in [2.05, 4.69) is 74.3 Å². The Hall–Kier alpha value is -5.00. The number of methoxy groups -OCH3 is 1. The van der Waals surface area contributed by atoms with Crippen molar-refractivity contribution in [3.05, 3.63) is 71.0 Å². The van der Waals surface area contributed by atoms with Crippen LogP contribution in [0.15, 0.2) is 48.7 Å². The molecule has 5 saturated heterocycles. The number of carbonyl (C=O) groups excluding carboxylic acids is 3. The number of pyridine rings is 1. The molecule has 8 heterocycles. The standard InChI is InChI=1S/C59H79F2N9O5/c1-6-69-50-16-15-40-29-45(50)47(53(69)46-30-44(32-63-51(46)37(2)74-5)67-24-23-66-20-9-13-43(66)33-67)31-58(3,4)36-75-57(73)48-14-10-21-70(65-48)56(72)49(27-38-25-41(40)28-42(26-38)54(60)61)64-55(71)52(39-11-7-8-12-39)68-22-18-59(35-68)17-19-62-34-59/h15-16,25-26,28-30,32,37,39,43,48-49,52,54,62,65H,6-14,17-24,27,31,33-36H2,1-5H3,(H,64,71)/t37-,43+,48-,49-,52-,59-/m0/s1. The molecule has 1 saturated carbocycles. The molecule has 6 fully saturated rings. The summed E-state index contributed by atoms with van der Waals surface area (Å²) < 4.78 is 45.2. The highest BCUT2D eigenvalue weighted by molar-refractivity contribution is 5.96. The molecule has 2 amide bonds. The number of piperazine rings is 1. The Bertz CT molecular complexity index is 2770. The molecule has 0 unspecified atom stereocenters. The molecule has 1 spiro atoms. The Labute approximate surface area is 441 Å². The van der Waals surface area contributed by atoms with Crippen molar-refractivity contribution >= 4 is 34.4 Å². The van der Waals surface area contributed by atoms with Crippen molar-refractivity contribution in [3.63, 3.8) is 0 Å². The number of carbonyl (C=O) groups is 3. The summed E-state index contributed by atoms with van der Waals surface area (Å²) in [5.41, 5.74) is 10.4. The predicted octanol–water partition coefficient (Wildman–Crippen LogP) is 8.21. The van der Waals surface area contributed by atoms with Crippen LogP contribution >= 0.6 is 0 Å². The summed E-state index contributed by atoms with van der Waals surface area (Å²) in [6.45, 7) is 17.0. The number of halogens is 2. The van der Waals surface area contributed by atoms with E-state index in [1.807, 2.05) is 25.3 Å². The van der Waals surface area contributed by atoms with Gasteiger partial charge in [0.25, 0.3) is 12.3 Å². The number of esters is 1. The number of aromatic nitrogens is 2. The quantitative estimate of drug-likeness (QED) is 0.133. The summed E-state index contributed by atoms with van der Waals surface area (Å²) in [5, 5.41) is 9.23. The number of cyclic esters (lactones) is 1. The van der Waals surface area contributed by atoms with E-state index in [-0.39, 0.29) is 41.9 Å². The lowest BCUT2D eigenvalue weighted by Gasteiger charge is -2.39. The normalized spacial score (nSPS) is 26.8. The monoisotopic (exact) mass is 1030 g/mol. The second-order valence-electron chi connectivity index (χ2n) is 24.0. The zero-order valence-electron chi connectivity index (χ0n) is 44.9. The number of anilines is 1. The van der Waals surface area contributed by atoms with Crippen molar-refractivity contribution in [2.24, 2.45) is 16.7 Å². The number of nitrogens with one attached hydrogen (secondary N) is 3. The average molecular weight is 1030 g/mol. The molecule has 2 aromatic carbocycles. The maximum absolute atomic E-state index is 15.3. The highest BCUT2D eigenvalue weighted by atomic mass is 19.3. The number of fused-ring (bicyclic) bond motifs is 7. The number of amides is 2. The summed E-state index contributed by atoms with van der Waals surface area (Å²) in [6, 6.07) is 11.7. The fourth-order valence-corrected chi connectivity index (χ4v) is 14.2. The van der Waals surface area contributed by atoms with Crippen LogP contribution in [0, 0.1) is 16.7 Å². The number of hydrogen-bond acceptors (Lipinski definition) is 11. The largest absolute Gasteiger partial charge is 0.464 e. The van der Waals surface area contributed by atoms with E-state index in [4.69, 9.17) is 14.5 Å². The summed E-state index contributed by atoms with van der Waals surface area (Å²) in [5.74, 6) is -0.897. The topological polar surface area (TPSA) is 137 Å². The molecule has 11 rings (SSSR count). The number of rotatable bonds is 10. The Balaban J connectivity index is 1.02. The van der Waals surface area contributed by atoms with Crippen LogP contribution in [0.5, 0.6) is 0 Å². The van der Waals surface area contributed by atoms with Gasteiger partial charge in [-0.25, -0.2) is 14.2 Å². The van der Waals surface area contributed by atoms with Crippen molar-refractivity contribution in [1.29, 1.82) is 0 Å². The molecule has 1 aliphatic carbocycles. The van der Waals surface area contributed by atoms with Gasteiger partial charge in [-0.05, 0) is 149 Å². The Morgan fingerprint density at radius 1 is 0.960 bits per heavy atom. The van der Waals surface area contributed by atoms with E-state index in [9.17, 15) is 4.79 Å². The number of benzene rings is 2. The third kappa shape index (κ3) is 10.5. The lowest BCUT2D eigenvalue weighted by molar-refractivity contribution is -0.155. The molecule has 75 heavy (non-hydrogen) atoms. The molecule has 4 aromatic rings. The third-order valence-electron chi connectivity index (χ3n) is 18.3. The highest BCUT2D eigenvalue weighted by Gasteiger charge is 2.47. The number of ether oxygens (including phenoxy) is 2. The number of alkyl halides is 2. The lowest BCUT2D eigenvalue weighted by Crippen LogP contribution is -2.62. The zero-order chi connectivity index (χ0) is 52.2. The van der Waals surface area contributed by atoms with Gasteiger partial charge in [0.2, 0.25) is 5.91 Å². The molecule has 7 aliphatic rings. The highest BCUT2D eigenvalue weighted by Crippen LogP contribution is 2.45. The van der Waals surface area contributed by atoms with Gasteiger partial charge in [0.1, 0.15) is 12.1 Å². The maximum atomic E-state index is 15.3. The first-order chi connectivity index (χ1) is 36.2. The van der Waals surface area contributed by atoms with Crippen LogP contribution < -0.4 is 21.0 Å². The Morgan fingerprint density at radius 2 is 1.79 bits per heavy atom. The van der Waals surface area contributed by atoms with E-state index in [0.29, 0.717) is 49.5 Å². The van der Waals surface area contributed by atoms with Crippen LogP contribution in [0.25, 0.3) is 33.3 Å². The molecule has 3 N–H and O–H groups in total. The minimum atomic E-state index is -2.79. The molecule has 6 atom stereocenters. The van der Waals surface area contributed by atoms with Crippen LogP contribution in [0.2, 0.25) is 0 Å². The molecule has 404 valence electrons. The maximum Gasteiger partial charge on any atom is 0.324 e. The van der Waals surface area contributed by atoms with Gasteiger partial charge >= 0.3 is 5.97 Å². The average Bonchev–Trinajstić information content (AvgIpc) is 4.31. The summed E-state index contributed by atoms with van der Waals surface area (Å²) in [7, 11) is 1.71. The van der Waals surface area contributed by atoms with Crippen LogP contribution in [0.3, 0.4) is 0 Å².